The van der Waals surface area contributed by atoms with E-state index in [0.29, 0.717) is 0 Å². The molecule has 2 N–H and O–H groups in total. The number of halogens is 3. The number of anilines is 2. The van der Waals surface area contributed by atoms with Crippen molar-refractivity contribution in [2.24, 2.45) is 0 Å². The van der Waals surface area contributed by atoms with Gasteiger partial charge in [0.05, 0.1) is 5.69 Å². The SMILES string of the molecule is CC1(C(F)(F)F)Nc2ncccc2NC1=O. The maximum Gasteiger partial charge on any atom is 0.420 e. The van der Waals surface area contributed by atoms with Crippen LogP contribution >= 0.6 is 0 Å². The lowest BCUT2D eigenvalue weighted by Crippen LogP contribution is -2.60. The van der Waals surface area contributed by atoms with Gasteiger partial charge in [-0.05, 0) is 19.1 Å². The number of carbonyl (C=O) groups excluding carboxylic acids is 1. The molecule has 7 heteroatoms. The molecule has 0 bridgehead atoms. The highest BCUT2D eigenvalue weighted by Crippen LogP contribution is 2.38. The van der Waals surface area contributed by atoms with Crippen molar-refractivity contribution in [2.75, 3.05) is 10.6 Å². The molecule has 1 aromatic heterocycles. The lowest BCUT2D eigenvalue weighted by atomic mass is 9.98. The Labute approximate surface area is 88.9 Å². The fourth-order valence-electron chi connectivity index (χ4n) is 1.35. The molecular formula is C9H8F3N3O. The molecule has 0 radical (unpaired) electrons. The van der Waals surface area contributed by atoms with Gasteiger partial charge in [0, 0.05) is 6.20 Å². The third-order valence-corrected chi connectivity index (χ3v) is 2.45. The number of aromatic nitrogens is 1. The number of alkyl halides is 3. The molecule has 0 aromatic carbocycles. The quantitative estimate of drug-likeness (QED) is 0.715. The molecule has 0 spiro atoms. The standard InChI is InChI=1S/C9H8F3N3O/c1-8(9(10,11)12)7(16)14-5-3-2-4-13-6(5)15-8/h2-4H,1H3,(H,13,15)(H,14,16). The summed E-state index contributed by atoms with van der Waals surface area (Å²) in [7, 11) is 0. The van der Waals surface area contributed by atoms with Crippen LogP contribution in [-0.2, 0) is 4.79 Å². The van der Waals surface area contributed by atoms with Crippen LogP contribution in [0, 0.1) is 0 Å². The third-order valence-electron chi connectivity index (χ3n) is 2.45. The molecule has 1 amide bonds. The van der Waals surface area contributed by atoms with Crippen molar-refractivity contribution in [1.29, 1.82) is 0 Å². The van der Waals surface area contributed by atoms with Crippen molar-refractivity contribution in [3.05, 3.63) is 18.3 Å². The molecule has 16 heavy (non-hydrogen) atoms. The Balaban J connectivity index is 2.46. The van der Waals surface area contributed by atoms with E-state index < -0.39 is 17.6 Å². The minimum Gasteiger partial charge on any atom is -0.347 e. The molecule has 0 saturated carbocycles. The first-order chi connectivity index (χ1) is 7.34. The van der Waals surface area contributed by atoms with Gasteiger partial charge in [-0.2, -0.15) is 13.2 Å². The Morgan fingerprint density at radius 1 is 1.44 bits per heavy atom. The Morgan fingerprint density at radius 3 is 2.75 bits per heavy atom. The average molecular weight is 231 g/mol. The zero-order valence-corrected chi connectivity index (χ0v) is 8.22. The van der Waals surface area contributed by atoms with E-state index in [-0.39, 0.29) is 11.5 Å². The zero-order chi connectivity index (χ0) is 12.0. The molecule has 0 saturated heterocycles. The van der Waals surface area contributed by atoms with E-state index >= 15 is 0 Å². The Kier molecular flexibility index (Phi) is 2.08. The predicted octanol–water partition coefficient (Wildman–Crippen LogP) is 1.77. The van der Waals surface area contributed by atoms with Crippen molar-refractivity contribution < 1.29 is 18.0 Å². The molecule has 4 nitrogen and oxygen atoms in total. The number of carbonyl (C=O) groups is 1. The number of nitrogens with one attached hydrogen (secondary N) is 2. The molecular weight excluding hydrogens is 223 g/mol. The number of nitrogens with zero attached hydrogens (tertiary/aromatic N) is 1. The lowest BCUT2D eigenvalue weighted by molar-refractivity contribution is -0.179. The Bertz CT molecular complexity index is 446. The topological polar surface area (TPSA) is 54.0 Å². The molecule has 1 aromatic rings. The molecule has 2 rings (SSSR count). The maximum atomic E-state index is 12.7. The minimum atomic E-state index is -4.69. The summed E-state index contributed by atoms with van der Waals surface area (Å²) in [6.45, 7) is 0.778. The van der Waals surface area contributed by atoms with Crippen LogP contribution in [0.15, 0.2) is 18.3 Å². The summed E-state index contributed by atoms with van der Waals surface area (Å²) in [6.07, 6.45) is -3.34. The smallest absolute Gasteiger partial charge is 0.347 e. The van der Waals surface area contributed by atoms with E-state index in [2.05, 4.69) is 15.6 Å². The van der Waals surface area contributed by atoms with Gasteiger partial charge in [0.25, 0.3) is 5.91 Å². The van der Waals surface area contributed by atoms with Crippen LogP contribution in [0.2, 0.25) is 0 Å². The molecule has 0 aliphatic carbocycles. The van der Waals surface area contributed by atoms with E-state index in [4.69, 9.17) is 0 Å². The molecule has 2 heterocycles. The van der Waals surface area contributed by atoms with Gasteiger partial charge in [-0.1, -0.05) is 0 Å². The van der Waals surface area contributed by atoms with E-state index in [1.807, 2.05) is 0 Å². The van der Waals surface area contributed by atoms with E-state index in [1.165, 1.54) is 18.3 Å². The number of rotatable bonds is 0. The maximum absolute atomic E-state index is 12.7. The van der Waals surface area contributed by atoms with E-state index in [0.717, 1.165) is 6.92 Å². The number of fused-ring (bicyclic) bond motifs is 1. The molecule has 1 aliphatic rings. The third kappa shape index (κ3) is 1.39. The highest BCUT2D eigenvalue weighted by molar-refractivity contribution is 6.05. The predicted molar refractivity (Wildman–Crippen MR) is 50.9 cm³/mol. The highest BCUT2D eigenvalue weighted by Gasteiger charge is 2.59. The second-order valence-corrected chi connectivity index (χ2v) is 3.60. The fourth-order valence-corrected chi connectivity index (χ4v) is 1.35. The largest absolute Gasteiger partial charge is 0.420 e. The average Bonchev–Trinajstić information content (AvgIpc) is 2.18. The normalized spacial score (nSPS) is 24.4. The first-order valence-electron chi connectivity index (χ1n) is 4.46. The Hall–Kier alpha value is -1.79. The summed E-state index contributed by atoms with van der Waals surface area (Å²) in [6, 6.07) is 3.00. The van der Waals surface area contributed by atoms with Gasteiger partial charge in [-0.25, -0.2) is 4.98 Å². The van der Waals surface area contributed by atoms with Gasteiger partial charge < -0.3 is 10.6 Å². The monoisotopic (exact) mass is 231 g/mol. The van der Waals surface area contributed by atoms with Gasteiger partial charge in [-0.3, -0.25) is 4.79 Å². The van der Waals surface area contributed by atoms with Crippen molar-refractivity contribution in [2.45, 2.75) is 18.6 Å². The summed E-state index contributed by atoms with van der Waals surface area (Å²) in [5, 5.41) is 4.29. The second kappa shape index (κ2) is 3.10. The molecule has 86 valence electrons. The van der Waals surface area contributed by atoms with Crippen LogP contribution < -0.4 is 10.6 Å². The van der Waals surface area contributed by atoms with Crippen molar-refractivity contribution in [1.82, 2.24) is 4.98 Å². The van der Waals surface area contributed by atoms with Gasteiger partial charge in [-0.15, -0.1) is 0 Å². The van der Waals surface area contributed by atoms with Gasteiger partial charge in [0.2, 0.25) is 5.54 Å². The molecule has 0 fully saturated rings. The van der Waals surface area contributed by atoms with Crippen LogP contribution in [-0.4, -0.2) is 22.6 Å². The van der Waals surface area contributed by atoms with Crippen LogP contribution in [0.25, 0.3) is 0 Å². The Morgan fingerprint density at radius 2 is 2.12 bits per heavy atom. The summed E-state index contributed by atoms with van der Waals surface area (Å²) in [5.41, 5.74) is -2.40. The number of pyridine rings is 1. The number of hydrogen-bond donors (Lipinski definition) is 2. The number of hydrogen-bond acceptors (Lipinski definition) is 3. The van der Waals surface area contributed by atoms with Crippen LogP contribution in [0.3, 0.4) is 0 Å². The second-order valence-electron chi connectivity index (χ2n) is 3.60. The summed E-state index contributed by atoms with van der Waals surface area (Å²) < 4.78 is 38.2. The van der Waals surface area contributed by atoms with Crippen LogP contribution in [0.1, 0.15) is 6.92 Å². The molecule has 1 aliphatic heterocycles. The zero-order valence-electron chi connectivity index (χ0n) is 8.22. The van der Waals surface area contributed by atoms with Crippen molar-refractivity contribution >= 4 is 17.4 Å². The number of amides is 1. The summed E-state index contributed by atoms with van der Waals surface area (Å²) in [5.74, 6) is -1.12. The van der Waals surface area contributed by atoms with Crippen molar-refractivity contribution in [3.63, 3.8) is 0 Å². The molecule has 1 unspecified atom stereocenters. The lowest BCUT2D eigenvalue weighted by Gasteiger charge is -2.36. The minimum absolute atomic E-state index is 0.0157. The summed E-state index contributed by atoms with van der Waals surface area (Å²) >= 11 is 0. The van der Waals surface area contributed by atoms with Gasteiger partial charge >= 0.3 is 6.18 Å². The van der Waals surface area contributed by atoms with Gasteiger partial charge in [0.1, 0.15) is 0 Å². The van der Waals surface area contributed by atoms with E-state index in [1.54, 1.807) is 0 Å². The van der Waals surface area contributed by atoms with Gasteiger partial charge in [0.15, 0.2) is 5.82 Å². The van der Waals surface area contributed by atoms with Crippen molar-refractivity contribution in [3.8, 4) is 0 Å². The first kappa shape index (κ1) is 10.7. The fraction of sp³-hybridized carbons (Fsp3) is 0.333. The highest BCUT2D eigenvalue weighted by atomic mass is 19.4. The van der Waals surface area contributed by atoms with Crippen LogP contribution in [0.5, 0.6) is 0 Å². The van der Waals surface area contributed by atoms with E-state index in [9.17, 15) is 18.0 Å². The molecule has 1 atom stereocenters. The summed E-state index contributed by atoms with van der Waals surface area (Å²) in [4.78, 5) is 15.1. The van der Waals surface area contributed by atoms with Crippen LogP contribution in [0.4, 0.5) is 24.7 Å². The first-order valence-corrected chi connectivity index (χ1v) is 4.46.